The largest absolute Gasteiger partial charge is 0.478 e. The normalized spacial score (nSPS) is 11.4. The molecule has 0 saturated heterocycles. The van der Waals surface area contributed by atoms with Crippen LogP contribution in [0.3, 0.4) is 0 Å². The van der Waals surface area contributed by atoms with Crippen LogP contribution in [-0.4, -0.2) is 19.5 Å². The average Bonchev–Trinajstić information content (AvgIpc) is 2.71. The molecule has 1 heterocycles. The van der Waals surface area contributed by atoms with E-state index in [1.54, 1.807) is 6.92 Å². The van der Waals surface area contributed by atoms with E-state index >= 15 is 0 Å². The Kier molecular flexibility index (Phi) is 4.62. The molecule has 0 saturated carbocycles. The predicted octanol–water partition coefficient (Wildman–Crippen LogP) is 3.97. The van der Waals surface area contributed by atoms with Crippen molar-refractivity contribution in [2.75, 3.05) is 4.72 Å². The fourth-order valence-corrected chi connectivity index (χ4v) is 5.49. The van der Waals surface area contributed by atoms with E-state index in [4.69, 9.17) is 16.7 Å². The number of thiophene rings is 1. The molecule has 0 atom stereocenters. The number of nitrogens with one attached hydrogen (secondary N) is 1. The van der Waals surface area contributed by atoms with Crippen LogP contribution in [0, 0.1) is 6.92 Å². The van der Waals surface area contributed by atoms with Gasteiger partial charge in [-0.05, 0) is 41.1 Å². The highest BCUT2D eigenvalue weighted by Crippen LogP contribution is 2.33. The summed E-state index contributed by atoms with van der Waals surface area (Å²) in [5.41, 5.74) is -0.355. The van der Waals surface area contributed by atoms with Crippen molar-refractivity contribution in [1.29, 1.82) is 0 Å². The molecule has 0 aliphatic carbocycles. The number of hydrogen-bond donors (Lipinski definition) is 2. The topological polar surface area (TPSA) is 83.5 Å². The van der Waals surface area contributed by atoms with Gasteiger partial charge < -0.3 is 5.11 Å². The predicted molar refractivity (Wildman–Crippen MR) is 86.0 cm³/mol. The van der Waals surface area contributed by atoms with Gasteiger partial charge in [0.1, 0.15) is 4.90 Å². The first-order chi connectivity index (χ1) is 9.72. The molecule has 0 amide bonds. The third-order valence-electron chi connectivity index (χ3n) is 2.61. The minimum atomic E-state index is -3.92. The summed E-state index contributed by atoms with van der Waals surface area (Å²) in [6, 6.07) is 5.60. The highest BCUT2D eigenvalue weighted by molar-refractivity contribution is 9.11. The monoisotopic (exact) mass is 409 g/mol. The van der Waals surface area contributed by atoms with E-state index in [2.05, 4.69) is 20.7 Å². The number of carboxylic acids is 1. The molecule has 0 bridgehead atoms. The zero-order valence-corrected chi connectivity index (χ0v) is 14.5. The molecule has 0 radical (unpaired) electrons. The lowest BCUT2D eigenvalue weighted by molar-refractivity contribution is 0.0698. The Morgan fingerprint density at radius 1 is 1.43 bits per heavy atom. The highest BCUT2D eigenvalue weighted by Gasteiger charge is 2.23. The van der Waals surface area contributed by atoms with E-state index < -0.39 is 16.0 Å². The van der Waals surface area contributed by atoms with E-state index in [9.17, 15) is 13.2 Å². The van der Waals surface area contributed by atoms with Gasteiger partial charge in [-0.15, -0.1) is 11.3 Å². The Bertz CT molecular complexity index is 817. The minimum absolute atomic E-state index is 0.0189. The van der Waals surface area contributed by atoms with Gasteiger partial charge in [0.15, 0.2) is 0 Å². The molecular formula is C12H9BrClNO4S2. The van der Waals surface area contributed by atoms with Crippen LogP contribution in [0.5, 0.6) is 0 Å². The molecule has 2 rings (SSSR count). The van der Waals surface area contributed by atoms with Crippen LogP contribution in [0.4, 0.5) is 5.69 Å². The average molecular weight is 411 g/mol. The van der Waals surface area contributed by atoms with Crippen LogP contribution in [-0.2, 0) is 10.0 Å². The minimum Gasteiger partial charge on any atom is -0.478 e. The molecule has 0 aliphatic rings. The van der Waals surface area contributed by atoms with Crippen LogP contribution >= 0.6 is 38.9 Å². The van der Waals surface area contributed by atoms with Gasteiger partial charge in [0.25, 0.3) is 10.0 Å². The maximum atomic E-state index is 12.4. The second-order valence-corrected chi connectivity index (χ2v) is 8.74. The fraction of sp³-hybridized carbons (Fsp3) is 0.0833. The van der Waals surface area contributed by atoms with Gasteiger partial charge in [-0.25, -0.2) is 13.2 Å². The number of para-hydroxylation sites is 1. The molecular weight excluding hydrogens is 402 g/mol. The van der Waals surface area contributed by atoms with Crippen molar-refractivity contribution >= 4 is 60.5 Å². The molecule has 0 unspecified atom stereocenters. The van der Waals surface area contributed by atoms with Crippen LogP contribution in [0.2, 0.25) is 5.02 Å². The second-order valence-electron chi connectivity index (χ2n) is 4.04. The number of halogens is 2. The van der Waals surface area contributed by atoms with Crippen LogP contribution < -0.4 is 4.72 Å². The van der Waals surface area contributed by atoms with Gasteiger partial charge in [-0.3, -0.25) is 4.72 Å². The molecule has 1 aromatic heterocycles. The summed E-state index contributed by atoms with van der Waals surface area (Å²) in [7, 11) is -3.92. The standard InChI is InChI=1S/C12H9BrClNO4S2/c1-6-9(5-10(13)20-6)21(18,19)15-11-7(12(16)17)3-2-4-8(11)14/h2-5,15H,1H3,(H,16,17). The van der Waals surface area contributed by atoms with Crippen molar-refractivity contribution in [3.05, 3.63) is 43.5 Å². The van der Waals surface area contributed by atoms with Crippen molar-refractivity contribution in [1.82, 2.24) is 0 Å². The van der Waals surface area contributed by atoms with Crippen molar-refractivity contribution in [3.63, 3.8) is 0 Å². The van der Waals surface area contributed by atoms with Crippen molar-refractivity contribution in [2.45, 2.75) is 11.8 Å². The maximum Gasteiger partial charge on any atom is 0.337 e. The lowest BCUT2D eigenvalue weighted by Crippen LogP contribution is -2.16. The summed E-state index contributed by atoms with van der Waals surface area (Å²) < 4.78 is 27.7. The highest BCUT2D eigenvalue weighted by atomic mass is 79.9. The summed E-state index contributed by atoms with van der Waals surface area (Å²) in [6.45, 7) is 1.66. The molecule has 112 valence electrons. The number of benzene rings is 1. The summed E-state index contributed by atoms with van der Waals surface area (Å²) in [4.78, 5) is 11.8. The number of carboxylic acid groups (broad SMARTS) is 1. The molecule has 9 heteroatoms. The first-order valence-electron chi connectivity index (χ1n) is 5.53. The Hall–Kier alpha value is -1.09. The molecule has 0 fully saturated rings. The number of rotatable bonds is 4. The SMILES string of the molecule is Cc1sc(Br)cc1S(=O)(=O)Nc1c(Cl)cccc1C(=O)O. The summed E-state index contributed by atoms with van der Waals surface area (Å²) in [6.07, 6.45) is 0. The van der Waals surface area contributed by atoms with Crippen LogP contribution in [0.15, 0.2) is 32.9 Å². The smallest absolute Gasteiger partial charge is 0.337 e. The lowest BCUT2D eigenvalue weighted by Gasteiger charge is -2.11. The third-order valence-corrected chi connectivity index (χ3v) is 6.09. The van der Waals surface area contributed by atoms with Gasteiger partial charge in [-0.2, -0.15) is 0 Å². The number of aryl methyl sites for hydroxylation is 1. The van der Waals surface area contributed by atoms with E-state index in [1.807, 2.05) is 0 Å². The summed E-state index contributed by atoms with van der Waals surface area (Å²) in [5.74, 6) is -1.27. The molecule has 2 aromatic rings. The number of anilines is 1. The molecule has 0 spiro atoms. The number of hydrogen-bond acceptors (Lipinski definition) is 4. The molecule has 0 aliphatic heterocycles. The van der Waals surface area contributed by atoms with E-state index in [0.29, 0.717) is 8.66 Å². The second kappa shape index (κ2) is 5.96. The summed E-state index contributed by atoms with van der Waals surface area (Å²) >= 11 is 10.4. The number of carbonyl (C=O) groups is 1. The Labute approximate surface area is 138 Å². The Balaban J connectivity index is 2.52. The first-order valence-corrected chi connectivity index (χ1v) is 9.00. The van der Waals surface area contributed by atoms with Crippen molar-refractivity contribution in [2.24, 2.45) is 0 Å². The van der Waals surface area contributed by atoms with Crippen molar-refractivity contribution in [3.8, 4) is 0 Å². The third kappa shape index (κ3) is 3.39. The van der Waals surface area contributed by atoms with E-state index in [-0.39, 0.29) is 21.2 Å². The Morgan fingerprint density at radius 3 is 2.62 bits per heavy atom. The van der Waals surface area contributed by atoms with Gasteiger partial charge in [0.05, 0.1) is 20.1 Å². The maximum absolute atomic E-state index is 12.4. The zero-order valence-electron chi connectivity index (χ0n) is 10.6. The van der Waals surface area contributed by atoms with Crippen LogP contribution in [0.1, 0.15) is 15.2 Å². The zero-order chi connectivity index (χ0) is 15.8. The van der Waals surface area contributed by atoms with E-state index in [0.717, 1.165) is 0 Å². The quantitative estimate of drug-likeness (QED) is 0.799. The number of aromatic carboxylic acids is 1. The molecule has 1 aromatic carbocycles. The first kappa shape index (κ1) is 16.3. The van der Waals surface area contributed by atoms with Gasteiger partial charge in [-0.1, -0.05) is 17.7 Å². The molecule has 5 nitrogen and oxygen atoms in total. The van der Waals surface area contributed by atoms with Gasteiger partial charge in [0, 0.05) is 4.88 Å². The summed E-state index contributed by atoms with van der Waals surface area (Å²) in [5, 5.41) is 9.14. The molecule has 21 heavy (non-hydrogen) atoms. The Morgan fingerprint density at radius 2 is 2.10 bits per heavy atom. The molecule has 2 N–H and O–H groups in total. The number of sulfonamides is 1. The van der Waals surface area contributed by atoms with Crippen molar-refractivity contribution < 1.29 is 18.3 Å². The van der Waals surface area contributed by atoms with Gasteiger partial charge >= 0.3 is 5.97 Å². The van der Waals surface area contributed by atoms with E-state index in [1.165, 1.54) is 35.6 Å². The van der Waals surface area contributed by atoms with Gasteiger partial charge in [0.2, 0.25) is 0 Å². The van der Waals surface area contributed by atoms with Crippen LogP contribution in [0.25, 0.3) is 0 Å². The fourth-order valence-electron chi connectivity index (χ4n) is 1.69. The lowest BCUT2D eigenvalue weighted by atomic mass is 10.2.